The molecule has 0 spiro atoms. The molecule has 0 fully saturated rings. The number of benzene rings is 2. The SMILES string of the molecule is CC(C)C(CO)NC(=O)c1ccc2c(c1)c1csnc1n2-c1ccc(C(F)(F)F)cc1. The average molecular weight is 447 g/mol. The summed E-state index contributed by atoms with van der Waals surface area (Å²) in [5, 5.41) is 15.8. The Bertz CT molecular complexity index is 1240. The van der Waals surface area contributed by atoms with Gasteiger partial charge in [0.05, 0.1) is 23.7 Å². The molecule has 31 heavy (non-hydrogen) atoms. The number of nitrogens with one attached hydrogen (secondary N) is 1. The Morgan fingerprint density at radius 3 is 2.48 bits per heavy atom. The molecule has 0 saturated carbocycles. The molecule has 2 heterocycles. The highest BCUT2D eigenvalue weighted by Crippen LogP contribution is 2.35. The van der Waals surface area contributed by atoms with Crippen LogP contribution in [0.1, 0.15) is 29.8 Å². The van der Waals surface area contributed by atoms with Crippen LogP contribution in [0, 0.1) is 5.92 Å². The Morgan fingerprint density at radius 1 is 1.16 bits per heavy atom. The predicted octanol–water partition coefficient (Wildman–Crippen LogP) is 5.01. The Kier molecular flexibility index (Phi) is 5.49. The van der Waals surface area contributed by atoms with Crippen LogP contribution < -0.4 is 5.32 Å². The van der Waals surface area contributed by atoms with Crippen molar-refractivity contribution in [3.8, 4) is 5.69 Å². The van der Waals surface area contributed by atoms with Crippen LogP contribution in [0.5, 0.6) is 0 Å². The summed E-state index contributed by atoms with van der Waals surface area (Å²) >= 11 is 1.24. The second-order valence-corrected chi connectivity index (χ2v) is 8.30. The Hall–Kier alpha value is -2.91. The number of aromatic nitrogens is 2. The first-order valence-corrected chi connectivity index (χ1v) is 10.5. The average Bonchev–Trinajstić information content (AvgIpc) is 3.31. The smallest absolute Gasteiger partial charge is 0.394 e. The normalized spacial score (nSPS) is 13.3. The van der Waals surface area contributed by atoms with E-state index in [1.807, 2.05) is 19.2 Å². The third-order valence-electron chi connectivity index (χ3n) is 5.32. The maximum absolute atomic E-state index is 12.9. The lowest BCUT2D eigenvalue weighted by Gasteiger charge is -2.19. The minimum atomic E-state index is -4.40. The zero-order chi connectivity index (χ0) is 22.3. The summed E-state index contributed by atoms with van der Waals surface area (Å²) in [6.07, 6.45) is -4.40. The van der Waals surface area contributed by atoms with E-state index in [0.29, 0.717) is 16.9 Å². The van der Waals surface area contributed by atoms with Gasteiger partial charge in [0.25, 0.3) is 5.91 Å². The monoisotopic (exact) mass is 447 g/mol. The molecule has 2 aromatic heterocycles. The quantitative estimate of drug-likeness (QED) is 0.452. The molecule has 1 unspecified atom stereocenters. The molecule has 0 radical (unpaired) electrons. The van der Waals surface area contributed by atoms with Gasteiger partial charge >= 0.3 is 6.18 Å². The number of fused-ring (bicyclic) bond motifs is 3. The Labute approximate surface area is 180 Å². The first kappa shape index (κ1) is 21.3. The third kappa shape index (κ3) is 3.90. The lowest BCUT2D eigenvalue weighted by molar-refractivity contribution is -0.137. The van der Waals surface area contributed by atoms with Gasteiger partial charge in [0, 0.05) is 27.4 Å². The number of amides is 1. The van der Waals surface area contributed by atoms with Gasteiger partial charge in [-0.05, 0) is 59.9 Å². The van der Waals surface area contributed by atoms with Crippen molar-refractivity contribution < 1.29 is 23.1 Å². The Morgan fingerprint density at radius 2 is 1.87 bits per heavy atom. The second kappa shape index (κ2) is 7.97. The number of alkyl halides is 3. The van der Waals surface area contributed by atoms with Crippen LogP contribution in [0.25, 0.3) is 27.6 Å². The van der Waals surface area contributed by atoms with E-state index in [4.69, 9.17) is 0 Å². The van der Waals surface area contributed by atoms with Crippen LogP contribution in [0.4, 0.5) is 13.2 Å². The highest BCUT2D eigenvalue weighted by molar-refractivity contribution is 7.05. The minimum absolute atomic E-state index is 0.0752. The van der Waals surface area contributed by atoms with Crippen LogP contribution >= 0.6 is 11.5 Å². The lowest BCUT2D eigenvalue weighted by Crippen LogP contribution is -2.41. The van der Waals surface area contributed by atoms with Crippen LogP contribution in [-0.2, 0) is 6.18 Å². The number of aliphatic hydroxyl groups is 1. The van der Waals surface area contributed by atoms with Gasteiger partial charge in [-0.25, -0.2) is 0 Å². The fourth-order valence-electron chi connectivity index (χ4n) is 3.51. The molecule has 5 nitrogen and oxygen atoms in total. The molecular weight excluding hydrogens is 427 g/mol. The van der Waals surface area contributed by atoms with Crippen molar-refractivity contribution in [1.29, 1.82) is 0 Å². The maximum atomic E-state index is 12.9. The summed E-state index contributed by atoms with van der Waals surface area (Å²) < 4.78 is 45.0. The predicted molar refractivity (Wildman–Crippen MR) is 115 cm³/mol. The van der Waals surface area contributed by atoms with Gasteiger partial charge in [-0.2, -0.15) is 17.5 Å². The largest absolute Gasteiger partial charge is 0.416 e. The number of aliphatic hydroxyl groups excluding tert-OH is 1. The molecule has 1 amide bonds. The van der Waals surface area contributed by atoms with E-state index < -0.39 is 11.7 Å². The molecule has 4 aromatic rings. The van der Waals surface area contributed by atoms with Crippen molar-refractivity contribution >= 4 is 39.4 Å². The molecule has 2 aromatic carbocycles. The van der Waals surface area contributed by atoms with Crippen molar-refractivity contribution in [2.24, 2.45) is 5.92 Å². The van der Waals surface area contributed by atoms with E-state index >= 15 is 0 Å². The van der Waals surface area contributed by atoms with Gasteiger partial charge in [-0.1, -0.05) is 13.8 Å². The zero-order valence-electron chi connectivity index (χ0n) is 16.8. The summed E-state index contributed by atoms with van der Waals surface area (Å²) in [5.74, 6) is -0.223. The molecule has 0 saturated heterocycles. The number of hydrogen-bond acceptors (Lipinski definition) is 4. The van der Waals surface area contributed by atoms with Crippen molar-refractivity contribution in [2.45, 2.75) is 26.1 Å². The molecule has 1 atom stereocenters. The summed E-state index contributed by atoms with van der Waals surface area (Å²) in [6, 6.07) is 9.73. The molecule has 0 aliphatic rings. The van der Waals surface area contributed by atoms with Crippen LogP contribution in [0.15, 0.2) is 47.8 Å². The molecule has 2 N–H and O–H groups in total. The molecule has 0 aliphatic heterocycles. The minimum Gasteiger partial charge on any atom is -0.394 e. The van der Waals surface area contributed by atoms with Gasteiger partial charge in [-0.15, -0.1) is 0 Å². The number of hydrogen-bond donors (Lipinski definition) is 2. The second-order valence-electron chi connectivity index (χ2n) is 7.67. The molecule has 0 aliphatic carbocycles. The number of halogens is 3. The summed E-state index contributed by atoms with van der Waals surface area (Å²) in [4.78, 5) is 12.7. The number of nitrogens with zero attached hydrogens (tertiary/aromatic N) is 2. The van der Waals surface area contributed by atoms with Crippen LogP contribution in [0.2, 0.25) is 0 Å². The van der Waals surface area contributed by atoms with Gasteiger partial charge < -0.3 is 10.4 Å². The number of rotatable bonds is 5. The van der Waals surface area contributed by atoms with E-state index in [0.717, 1.165) is 28.4 Å². The summed E-state index contributed by atoms with van der Waals surface area (Å²) in [5.41, 5.74) is 1.63. The van der Waals surface area contributed by atoms with E-state index in [2.05, 4.69) is 9.69 Å². The molecule has 0 bridgehead atoms. The fraction of sp³-hybridized carbons (Fsp3) is 0.273. The van der Waals surface area contributed by atoms with Gasteiger partial charge in [0.15, 0.2) is 5.65 Å². The van der Waals surface area contributed by atoms with E-state index in [1.54, 1.807) is 22.8 Å². The van der Waals surface area contributed by atoms with Crippen LogP contribution in [0.3, 0.4) is 0 Å². The van der Waals surface area contributed by atoms with E-state index in [-0.39, 0.29) is 24.5 Å². The van der Waals surface area contributed by atoms with Gasteiger partial charge in [0.1, 0.15) is 0 Å². The molecular formula is C22H20F3N3O2S. The zero-order valence-corrected chi connectivity index (χ0v) is 17.6. The van der Waals surface area contributed by atoms with Gasteiger partial charge in [-0.3, -0.25) is 9.36 Å². The Balaban J connectivity index is 1.78. The third-order valence-corrected chi connectivity index (χ3v) is 5.94. The maximum Gasteiger partial charge on any atom is 0.416 e. The van der Waals surface area contributed by atoms with Crippen molar-refractivity contribution in [3.63, 3.8) is 0 Å². The standard InChI is InChI=1S/C22H20F3N3O2S/c1-12(2)18(10-29)26-21(30)13-3-8-19-16(9-13)17-11-31-27-20(17)28(19)15-6-4-14(5-7-15)22(23,24)25/h3-9,11-12,18,29H,10H2,1-2H3,(H,26,30). The van der Waals surface area contributed by atoms with Crippen molar-refractivity contribution in [3.05, 3.63) is 59.0 Å². The first-order chi connectivity index (χ1) is 14.7. The number of carbonyl (C=O) groups excluding carboxylic acids is 1. The first-order valence-electron chi connectivity index (χ1n) is 9.68. The lowest BCUT2D eigenvalue weighted by atomic mass is 10.0. The van der Waals surface area contributed by atoms with Crippen molar-refractivity contribution in [2.75, 3.05) is 6.61 Å². The highest BCUT2D eigenvalue weighted by atomic mass is 32.1. The molecule has 162 valence electrons. The number of carbonyl (C=O) groups is 1. The molecule has 9 heteroatoms. The van der Waals surface area contributed by atoms with E-state index in [9.17, 15) is 23.1 Å². The summed E-state index contributed by atoms with van der Waals surface area (Å²) in [7, 11) is 0. The summed E-state index contributed by atoms with van der Waals surface area (Å²) in [6.45, 7) is 3.67. The molecule has 4 rings (SSSR count). The topological polar surface area (TPSA) is 67.2 Å². The van der Waals surface area contributed by atoms with Crippen LogP contribution in [-0.4, -0.2) is 32.6 Å². The van der Waals surface area contributed by atoms with Crippen molar-refractivity contribution in [1.82, 2.24) is 14.3 Å². The fourth-order valence-corrected chi connectivity index (χ4v) is 4.18. The van der Waals surface area contributed by atoms with Gasteiger partial charge in [0.2, 0.25) is 0 Å². The highest BCUT2D eigenvalue weighted by Gasteiger charge is 2.30. The van der Waals surface area contributed by atoms with E-state index in [1.165, 1.54) is 23.7 Å².